The predicted molar refractivity (Wildman–Crippen MR) is 73.5 cm³/mol. The van der Waals surface area contributed by atoms with Crippen LogP contribution in [0.25, 0.3) is 0 Å². The van der Waals surface area contributed by atoms with Crippen molar-refractivity contribution < 1.29 is 4.74 Å². The molecular weight excluding hydrogens is 252 g/mol. The van der Waals surface area contributed by atoms with Crippen LogP contribution in [-0.2, 0) is 18.2 Å². The summed E-state index contributed by atoms with van der Waals surface area (Å²) in [6.45, 7) is 6.06. The molecule has 1 rings (SSSR count). The highest BCUT2D eigenvalue weighted by molar-refractivity contribution is 6.30. The molecule has 5 nitrogen and oxygen atoms in total. The Morgan fingerprint density at radius 1 is 1.61 bits per heavy atom. The topological polar surface area (TPSA) is 65.1 Å². The Balaban J connectivity index is 2.99. The zero-order valence-corrected chi connectivity index (χ0v) is 12.5. The van der Waals surface area contributed by atoms with Crippen molar-refractivity contribution in [2.75, 3.05) is 7.11 Å². The fourth-order valence-electron chi connectivity index (χ4n) is 2.09. The van der Waals surface area contributed by atoms with Crippen molar-refractivity contribution in [2.45, 2.75) is 45.3 Å². The van der Waals surface area contributed by atoms with Crippen LogP contribution in [0.5, 0.6) is 0 Å². The predicted octanol–water partition coefficient (Wildman–Crippen LogP) is 1.57. The Kier molecular flexibility index (Phi) is 5.16. The number of aromatic nitrogens is 2. The smallest absolute Gasteiger partial charge is 0.130 e. The van der Waals surface area contributed by atoms with E-state index in [4.69, 9.17) is 22.2 Å². The number of nitrogens with zero attached hydrogens (tertiary/aromatic N) is 2. The minimum absolute atomic E-state index is 0.0205. The first-order chi connectivity index (χ1) is 8.39. The average Bonchev–Trinajstić information content (AvgIpc) is 2.60. The summed E-state index contributed by atoms with van der Waals surface area (Å²) in [4.78, 5) is 0. The monoisotopic (exact) mass is 274 g/mol. The Morgan fingerprint density at radius 3 is 2.56 bits per heavy atom. The zero-order valence-electron chi connectivity index (χ0n) is 11.7. The molecule has 1 aromatic heterocycles. The van der Waals surface area contributed by atoms with Crippen LogP contribution in [-0.4, -0.2) is 28.5 Å². The van der Waals surface area contributed by atoms with E-state index in [1.807, 2.05) is 20.9 Å². The van der Waals surface area contributed by atoms with Gasteiger partial charge in [0.05, 0.1) is 17.3 Å². The van der Waals surface area contributed by atoms with Crippen molar-refractivity contribution in [2.24, 2.45) is 12.9 Å². The fourth-order valence-corrected chi connectivity index (χ4v) is 2.35. The first kappa shape index (κ1) is 15.4. The van der Waals surface area contributed by atoms with Crippen LogP contribution >= 0.6 is 11.6 Å². The number of halogens is 1. The van der Waals surface area contributed by atoms with Gasteiger partial charge in [-0.15, -0.1) is 0 Å². The molecule has 0 saturated heterocycles. The highest BCUT2D eigenvalue weighted by Crippen LogP contribution is 2.26. The number of hydrogen-bond donors (Lipinski definition) is 2. The fraction of sp³-hybridized carbons (Fsp3) is 0.750. The summed E-state index contributed by atoms with van der Waals surface area (Å²) in [7, 11) is 3.53. The second-order valence-electron chi connectivity index (χ2n) is 4.77. The van der Waals surface area contributed by atoms with Gasteiger partial charge in [0, 0.05) is 19.7 Å². The molecule has 3 N–H and O–H groups in total. The number of nitrogens with one attached hydrogen (secondary N) is 1. The second kappa shape index (κ2) is 6.02. The number of hydrazine groups is 1. The van der Waals surface area contributed by atoms with E-state index >= 15 is 0 Å². The summed E-state index contributed by atoms with van der Waals surface area (Å²) in [5.41, 5.74) is 4.44. The Labute approximate surface area is 114 Å². The van der Waals surface area contributed by atoms with Crippen LogP contribution in [0.15, 0.2) is 0 Å². The van der Waals surface area contributed by atoms with Gasteiger partial charge in [0.15, 0.2) is 0 Å². The van der Waals surface area contributed by atoms with Gasteiger partial charge in [-0.2, -0.15) is 5.10 Å². The second-order valence-corrected chi connectivity index (χ2v) is 5.13. The third kappa shape index (κ3) is 2.85. The van der Waals surface area contributed by atoms with E-state index in [-0.39, 0.29) is 11.6 Å². The maximum atomic E-state index is 6.24. The summed E-state index contributed by atoms with van der Waals surface area (Å²) in [5.74, 6) is 5.66. The van der Waals surface area contributed by atoms with Gasteiger partial charge in [-0.25, -0.2) is 0 Å². The Bertz CT molecular complexity index is 401. The molecule has 0 bridgehead atoms. The standard InChI is InChI=1S/C12H23ClN4O/c1-6-12(3,18-5)10(15-14)7-9-8(2)16-17(4)11(9)13/h10,15H,6-7,14H2,1-5H3. The van der Waals surface area contributed by atoms with Gasteiger partial charge in [0.2, 0.25) is 0 Å². The number of hydrogen-bond acceptors (Lipinski definition) is 4. The van der Waals surface area contributed by atoms with E-state index in [1.165, 1.54) is 0 Å². The number of nitrogens with two attached hydrogens (primary N) is 1. The molecule has 0 radical (unpaired) electrons. The highest BCUT2D eigenvalue weighted by Gasteiger charge is 2.33. The number of methoxy groups -OCH3 is 1. The summed E-state index contributed by atoms with van der Waals surface area (Å²) < 4.78 is 7.26. The Morgan fingerprint density at radius 2 is 2.22 bits per heavy atom. The van der Waals surface area contributed by atoms with Crippen molar-refractivity contribution in [1.82, 2.24) is 15.2 Å². The molecule has 0 spiro atoms. The van der Waals surface area contributed by atoms with E-state index in [0.717, 1.165) is 17.7 Å². The molecule has 0 saturated carbocycles. The summed E-state index contributed by atoms with van der Waals surface area (Å²) in [6.07, 6.45) is 1.54. The minimum atomic E-state index is -0.333. The molecule has 0 aliphatic carbocycles. The third-order valence-electron chi connectivity index (χ3n) is 3.78. The molecule has 104 valence electrons. The van der Waals surface area contributed by atoms with E-state index in [1.54, 1.807) is 11.8 Å². The molecule has 2 unspecified atom stereocenters. The summed E-state index contributed by atoms with van der Waals surface area (Å²) in [6, 6.07) is -0.0205. The average molecular weight is 275 g/mol. The van der Waals surface area contributed by atoms with Crippen LogP contribution in [0.4, 0.5) is 0 Å². The lowest BCUT2D eigenvalue weighted by atomic mass is 9.89. The van der Waals surface area contributed by atoms with Crippen molar-refractivity contribution in [3.8, 4) is 0 Å². The minimum Gasteiger partial charge on any atom is -0.377 e. The zero-order chi connectivity index (χ0) is 13.9. The van der Waals surface area contributed by atoms with Crippen LogP contribution in [0.2, 0.25) is 5.15 Å². The van der Waals surface area contributed by atoms with E-state index < -0.39 is 0 Å². The van der Waals surface area contributed by atoms with Crippen LogP contribution in [0.3, 0.4) is 0 Å². The normalized spacial score (nSPS) is 16.6. The molecule has 0 fully saturated rings. The van der Waals surface area contributed by atoms with E-state index in [2.05, 4.69) is 17.4 Å². The van der Waals surface area contributed by atoms with Gasteiger partial charge in [-0.1, -0.05) is 18.5 Å². The SMILES string of the molecule is CCC(C)(OC)C(Cc1c(C)nn(C)c1Cl)NN. The van der Waals surface area contributed by atoms with Crippen LogP contribution in [0, 0.1) is 6.92 Å². The van der Waals surface area contributed by atoms with Crippen molar-refractivity contribution in [3.05, 3.63) is 16.4 Å². The molecule has 1 aromatic rings. The van der Waals surface area contributed by atoms with Gasteiger partial charge >= 0.3 is 0 Å². The van der Waals surface area contributed by atoms with E-state index in [0.29, 0.717) is 11.6 Å². The van der Waals surface area contributed by atoms with Gasteiger partial charge in [0.25, 0.3) is 0 Å². The van der Waals surface area contributed by atoms with Gasteiger partial charge in [-0.3, -0.25) is 16.0 Å². The largest absolute Gasteiger partial charge is 0.377 e. The van der Waals surface area contributed by atoms with Gasteiger partial charge in [-0.05, 0) is 26.7 Å². The van der Waals surface area contributed by atoms with Crippen molar-refractivity contribution >= 4 is 11.6 Å². The maximum absolute atomic E-state index is 6.24. The summed E-state index contributed by atoms with van der Waals surface area (Å²) >= 11 is 6.24. The molecule has 0 amide bonds. The van der Waals surface area contributed by atoms with Crippen molar-refractivity contribution in [3.63, 3.8) is 0 Å². The lowest BCUT2D eigenvalue weighted by Crippen LogP contribution is -2.53. The van der Waals surface area contributed by atoms with Gasteiger partial charge < -0.3 is 4.74 Å². The first-order valence-electron chi connectivity index (χ1n) is 6.08. The molecule has 0 aliphatic rings. The van der Waals surface area contributed by atoms with E-state index in [9.17, 15) is 0 Å². The number of ether oxygens (including phenoxy) is 1. The molecule has 0 aromatic carbocycles. The lowest BCUT2D eigenvalue weighted by Gasteiger charge is -2.35. The first-order valence-corrected chi connectivity index (χ1v) is 6.46. The summed E-state index contributed by atoms with van der Waals surface area (Å²) in [5, 5.41) is 4.96. The quantitative estimate of drug-likeness (QED) is 0.611. The molecular formula is C12H23ClN4O. The molecule has 0 aliphatic heterocycles. The highest BCUT2D eigenvalue weighted by atomic mass is 35.5. The van der Waals surface area contributed by atoms with Crippen LogP contribution in [0.1, 0.15) is 31.5 Å². The molecule has 18 heavy (non-hydrogen) atoms. The van der Waals surface area contributed by atoms with Gasteiger partial charge in [0.1, 0.15) is 5.15 Å². The number of rotatable bonds is 6. The molecule has 1 heterocycles. The molecule has 6 heteroatoms. The van der Waals surface area contributed by atoms with Crippen LogP contribution < -0.4 is 11.3 Å². The third-order valence-corrected chi connectivity index (χ3v) is 4.26. The maximum Gasteiger partial charge on any atom is 0.130 e. The molecule has 2 atom stereocenters. The lowest BCUT2D eigenvalue weighted by molar-refractivity contribution is -0.0288. The van der Waals surface area contributed by atoms with Crippen molar-refractivity contribution in [1.29, 1.82) is 0 Å². The number of aryl methyl sites for hydroxylation is 2. The Hall–Kier alpha value is -0.620.